The van der Waals surface area contributed by atoms with Crippen LogP contribution < -0.4 is 4.72 Å². The van der Waals surface area contributed by atoms with E-state index in [1.165, 1.54) is 23.1 Å². The van der Waals surface area contributed by atoms with Crippen molar-refractivity contribution in [1.29, 1.82) is 0 Å². The highest BCUT2D eigenvalue weighted by molar-refractivity contribution is 8.18. The van der Waals surface area contributed by atoms with Gasteiger partial charge in [0.15, 0.2) is 0 Å². The average molecular weight is 506 g/mol. The number of benzene rings is 1. The lowest BCUT2D eigenvalue weighted by Crippen LogP contribution is -2.58. The molecule has 3 amide bonds. The Bertz CT molecular complexity index is 1290. The molecule has 2 atom stereocenters. The van der Waals surface area contributed by atoms with Crippen LogP contribution in [-0.4, -0.2) is 50.8 Å². The van der Waals surface area contributed by atoms with Crippen molar-refractivity contribution in [2.24, 2.45) is 13.0 Å². The second kappa shape index (κ2) is 8.21. The Balaban J connectivity index is 1.47. The average Bonchev–Trinajstić information content (AvgIpc) is 3.14. The maximum Gasteiger partial charge on any atom is 0.328 e. The van der Waals surface area contributed by atoms with E-state index in [1.807, 2.05) is 6.92 Å². The number of carbonyl (C=O) groups excluding carboxylic acids is 2. The molecule has 1 saturated carbocycles. The molecule has 5 rings (SSSR count). The predicted molar refractivity (Wildman–Crippen MR) is 124 cm³/mol. The molecule has 12 heteroatoms. The molecule has 2 unspecified atom stereocenters. The first-order valence-corrected chi connectivity index (χ1v) is 13.2. The van der Waals surface area contributed by atoms with Gasteiger partial charge >= 0.3 is 6.03 Å². The number of imide groups is 1. The number of carbonyl (C=O) groups is 2. The predicted octanol–water partition coefficient (Wildman–Crippen LogP) is 2.53. The Morgan fingerprint density at radius 2 is 1.88 bits per heavy atom. The summed E-state index contributed by atoms with van der Waals surface area (Å²) >= 11 is 0.998. The topological polar surface area (TPSA) is 105 Å². The normalized spacial score (nSPS) is 23.8. The standard InChI is InChI=1S/C22H24FN5O4S2/c1-22(7-8-22)25-34(31,32)18-9-17-19(29)27(13-15-10-24-26(2)11-15)21(30)28(20(17)33-18)12-14-3-5-16(23)6-4-14/h3-6,9-11,17,20,25H,7-8,12-13H2,1-2H3. The molecular weight excluding hydrogens is 481 g/mol. The number of hydrogen-bond acceptors (Lipinski definition) is 6. The monoisotopic (exact) mass is 505 g/mol. The number of aromatic nitrogens is 2. The van der Waals surface area contributed by atoms with Crippen molar-refractivity contribution in [3.63, 3.8) is 0 Å². The Kier molecular flexibility index (Phi) is 5.57. The third kappa shape index (κ3) is 4.37. The summed E-state index contributed by atoms with van der Waals surface area (Å²) in [5, 5.41) is 3.38. The van der Waals surface area contributed by atoms with Crippen LogP contribution in [0.15, 0.2) is 47.0 Å². The lowest BCUT2D eigenvalue weighted by Gasteiger charge is -2.41. The smallest absolute Gasteiger partial charge is 0.306 e. The van der Waals surface area contributed by atoms with Crippen LogP contribution >= 0.6 is 11.8 Å². The molecule has 1 aliphatic carbocycles. The number of amides is 3. The fourth-order valence-electron chi connectivity index (χ4n) is 4.09. The van der Waals surface area contributed by atoms with Crippen LogP contribution in [0.25, 0.3) is 0 Å². The van der Waals surface area contributed by atoms with E-state index in [0.717, 1.165) is 29.5 Å². The molecule has 180 valence electrons. The maximum absolute atomic E-state index is 13.5. The number of nitrogens with zero attached hydrogens (tertiary/aromatic N) is 4. The van der Waals surface area contributed by atoms with Crippen LogP contribution in [0.4, 0.5) is 9.18 Å². The number of hydrogen-bond donors (Lipinski definition) is 1. The number of urea groups is 1. The lowest BCUT2D eigenvalue weighted by atomic mass is 10.0. The van der Waals surface area contributed by atoms with E-state index in [4.69, 9.17) is 0 Å². The Labute approximate surface area is 201 Å². The molecule has 1 aromatic heterocycles. The van der Waals surface area contributed by atoms with Gasteiger partial charge in [-0.1, -0.05) is 23.9 Å². The van der Waals surface area contributed by atoms with E-state index < -0.39 is 44.6 Å². The van der Waals surface area contributed by atoms with Gasteiger partial charge in [-0.05, 0) is 43.5 Å². The van der Waals surface area contributed by atoms with Gasteiger partial charge in [0, 0.05) is 30.9 Å². The summed E-state index contributed by atoms with van der Waals surface area (Å²) in [5.41, 5.74) is 0.883. The minimum Gasteiger partial charge on any atom is -0.306 e. The van der Waals surface area contributed by atoms with Gasteiger partial charge in [0.2, 0.25) is 15.9 Å². The van der Waals surface area contributed by atoms with Crippen LogP contribution in [0.2, 0.25) is 0 Å². The number of rotatable bonds is 7. The van der Waals surface area contributed by atoms with Gasteiger partial charge in [-0.25, -0.2) is 22.3 Å². The van der Waals surface area contributed by atoms with Crippen molar-refractivity contribution in [3.8, 4) is 0 Å². The van der Waals surface area contributed by atoms with E-state index in [1.54, 1.807) is 36.3 Å². The van der Waals surface area contributed by atoms with E-state index in [2.05, 4.69) is 9.82 Å². The SMILES string of the molecule is Cn1cc(CN2C(=O)C3C=C(S(=O)(=O)NC4(C)CC4)SC3N(Cc3ccc(F)cc3)C2=O)cn1. The quantitative estimate of drug-likeness (QED) is 0.620. The highest BCUT2D eigenvalue weighted by atomic mass is 32.3. The second-order valence-electron chi connectivity index (χ2n) is 9.17. The van der Waals surface area contributed by atoms with Gasteiger partial charge in [-0.2, -0.15) is 5.10 Å². The third-order valence-electron chi connectivity index (χ3n) is 6.21. The Morgan fingerprint density at radius 3 is 2.50 bits per heavy atom. The molecule has 2 aromatic rings. The van der Waals surface area contributed by atoms with E-state index in [9.17, 15) is 22.4 Å². The van der Waals surface area contributed by atoms with E-state index >= 15 is 0 Å². The van der Waals surface area contributed by atoms with Gasteiger partial charge in [0.1, 0.15) is 15.4 Å². The molecule has 34 heavy (non-hydrogen) atoms. The molecule has 3 aliphatic rings. The van der Waals surface area contributed by atoms with Crippen molar-refractivity contribution < 1.29 is 22.4 Å². The van der Waals surface area contributed by atoms with Gasteiger partial charge in [-0.3, -0.25) is 14.4 Å². The fourth-order valence-corrected chi connectivity index (χ4v) is 7.40. The van der Waals surface area contributed by atoms with Crippen LogP contribution in [0, 0.1) is 11.7 Å². The lowest BCUT2D eigenvalue weighted by molar-refractivity contribution is -0.135. The molecule has 9 nitrogen and oxygen atoms in total. The Hall–Kier alpha value is -2.70. The summed E-state index contributed by atoms with van der Waals surface area (Å²) in [5.74, 6) is -1.67. The second-order valence-corrected chi connectivity index (χ2v) is 12.2. The van der Waals surface area contributed by atoms with E-state index in [-0.39, 0.29) is 17.3 Å². The number of sulfonamides is 1. The first-order valence-electron chi connectivity index (χ1n) is 10.8. The number of halogens is 1. The van der Waals surface area contributed by atoms with Crippen molar-refractivity contribution in [3.05, 3.63) is 63.9 Å². The molecule has 2 aliphatic heterocycles. The molecule has 1 N–H and O–H groups in total. The number of nitrogens with one attached hydrogen (secondary N) is 1. The molecule has 2 fully saturated rings. The Morgan fingerprint density at radius 1 is 1.18 bits per heavy atom. The fraction of sp³-hybridized carbons (Fsp3) is 0.409. The van der Waals surface area contributed by atoms with Crippen LogP contribution in [-0.2, 0) is 35.0 Å². The van der Waals surface area contributed by atoms with Gasteiger partial charge in [-0.15, -0.1) is 0 Å². The summed E-state index contributed by atoms with van der Waals surface area (Å²) in [6.45, 7) is 1.96. The minimum atomic E-state index is -3.83. The zero-order valence-corrected chi connectivity index (χ0v) is 20.3. The summed E-state index contributed by atoms with van der Waals surface area (Å²) in [4.78, 5) is 29.5. The van der Waals surface area contributed by atoms with Crippen molar-refractivity contribution in [2.75, 3.05) is 0 Å². The molecule has 0 spiro atoms. The minimum absolute atomic E-state index is 0.0194. The van der Waals surface area contributed by atoms with Gasteiger partial charge in [0.25, 0.3) is 0 Å². The molecule has 0 radical (unpaired) electrons. The van der Waals surface area contributed by atoms with Crippen LogP contribution in [0.5, 0.6) is 0 Å². The zero-order chi connectivity index (χ0) is 24.3. The highest BCUT2D eigenvalue weighted by Gasteiger charge is 2.52. The molecule has 0 bridgehead atoms. The third-order valence-corrected chi connectivity index (χ3v) is 9.74. The summed E-state index contributed by atoms with van der Waals surface area (Å²) in [7, 11) is -2.09. The van der Waals surface area contributed by atoms with Crippen molar-refractivity contribution >= 4 is 33.7 Å². The summed E-state index contributed by atoms with van der Waals surface area (Å²) in [6, 6.07) is 5.21. The van der Waals surface area contributed by atoms with E-state index in [0.29, 0.717) is 11.1 Å². The first-order chi connectivity index (χ1) is 16.0. The molecule has 1 aromatic carbocycles. The number of thioether (sulfide) groups is 1. The van der Waals surface area contributed by atoms with Gasteiger partial charge in [0.05, 0.1) is 18.7 Å². The summed E-state index contributed by atoms with van der Waals surface area (Å²) in [6.07, 6.45) is 6.25. The number of aryl methyl sites for hydroxylation is 1. The summed E-state index contributed by atoms with van der Waals surface area (Å²) < 4.78 is 43.8. The molecular formula is C22H24FN5O4S2. The molecule has 1 saturated heterocycles. The molecule has 3 heterocycles. The van der Waals surface area contributed by atoms with Crippen molar-refractivity contribution in [2.45, 2.75) is 43.8 Å². The highest BCUT2D eigenvalue weighted by Crippen LogP contribution is 2.46. The van der Waals surface area contributed by atoms with Gasteiger partial charge < -0.3 is 4.90 Å². The maximum atomic E-state index is 13.5. The largest absolute Gasteiger partial charge is 0.328 e. The zero-order valence-electron chi connectivity index (χ0n) is 18.6. The first kappa shape index (κ1) is 23.1. The number of fused-ring (bicyclic) bond motifs is 1. The van der Waals surface area contributed by atoms with Crippen LogP contribution in [0.3, 0.4) is 0 Å². The van der Waals surface area contributed by atoms with Crippen LogP contribution in [0.1, 0.15) is 30.9 Å². The van der Waals surface area contributed by atoms with Crippen molar-refractivity contribution in [1.82, 2.24) is 24.3 Å².